The molecule has 0 amide bonds. The second-order valence-corrected chi connectivity index (χ2v) is 4.67. The number of rotatable bonds is 1. The SMILES string of the molecule is C=C1[C@H]2C([C@H](C)N2C)C1(C)CC. The van der Waals surface area contributed by atoms with Gasteiger partial charge in [-0.25, -0.2) is 0 Å². The van der Waals surface area contributed by atoms with E-state index in [0.717, 1.165) is 12.0 Å². The summed E-state index contributed by atoms with van der Waals surface area (Å²) in [6.45, 7) is 11.2. The minimum Gasteiger partial charge on any atom is -0.296 e. The largest absolute Gasteiger partial charge is 0.296 e. The number of fused-ring (bicyclic) bond motifs is 1. The van der Waals surface area contributed by atoms with Crippen LogP contribution in [0.5, 0.6) is 0 Å². The van der Waals surface area contributed by atoms with Gasteiger partial charge in [-0.15, -0.1) is 0 Å². The number of hydrogen-bond donors (Lipinski definition) is 0. The first-order chi connectivity index (χ1) is 5.54. The smallest absolute Gasteiger partial charge is 0.0361 e. The maximum absolute atomic E-state index is 4.21. The molecule has 1 aliphatic carbocycles. The van der Waals surface area contributed by atoms with Gasteiger partial charge in [0.2, 0.25) is 0 Å². The van der Waals surface area contributed by atoms with Gasteiger partial charge in [-0.1, -0.05) is 26.0 Å². The fourth-order valence-corrected chi connectivity index (χ4v) is 3.18. The van der Waals surface area contributed by atoms with Gasteiger partial charge in [0.15, 0.2) is 0 Å². The Hall–Kier alpha value is -0.300. The second-order valence-electron chi connectivity index (χ2n) is 4.67. The summed E-state index contributed by atoms with van der Waals surface area (Å²) in [4.78, 5) is 2.45. The fraction of sp³-hybridized carbons (Fsp3) is 0.818. The molecule has 1 heteroatoms. The summed E-state index contributed by atoms with van der Waals surface area (Å²) in [6, 6.07) is 1.48. The van der Waals surface area contributed by atoms with E-state index < -0.39 is 0 Å². The minimum absolute atomic E-state index is 0.455. The van der Waals surface area contributed by atoms with Crippen molar-refractivity contribution in [2.45, 2.75) is 39.3 Å². The summed E-state index contributed by atoms with van der Waals surface area (Å²) in [5.74, 6) is 0.889. The van der Waals surface area contributed by atoms with Gasteiger partial charge in [0.25, 0.3) is 0 Å². The zero-order chi connectivity index (χ0) is 9.09. The van der Waals surface area contributed by atoms with Gasteiger partial charge in [0.05, 0.1) is 0 Å². The Morgan fingerprint density at radius 2 is 2.17 bits per heavy atom. The molecular formula is C11H19N. The van der Waals surface area contributed by atoms with E-state index in [9.17, 15) is 0 Å². The monoisotopic (exact) mass is 165 g/mol. The molecule has 4 atom stereocenters. The van der Waals surface area contributed by atoms with Gasteiger partial charge < -0.3 is 0 Å². The molecule has 0 bridgehead atoms. The molecule has 1 nitrogen and oxygen atoms in total. The number of likely N-dealkylation sites (tertiary alicyclic amines) is 1. The van der Waals surface area contributed by atoms with Crippen molar-refractivity contribution in [1.82, 2.24) is 4.90 Å². The average molecular weight is 165 g/mol. The zero-order valence-electron chi connectivity index (χ0n) is 8.59. The van der Waals surface area contributed by atoms with Crippen LogP contribution in [-0.2, 0) is 0 Å². The van der Waals surface area contributed by atoms with Crippen LogP contribution in [0.4, 0.5) is 0 Å². The summed E-state index contributed by atoms with van der Waals surface area (Å²) < 4.78 is 0. The topological polar surface area (TPSA) is 3.24 Å². The molecule has 0 spiro atoms. The van der Waals surface area contributed by atoms with Crippen molar-refractivity contribution in [3.05, 3.63) is 12.2 Å². The molecule has 2 fully saturated rings. The number of hydrogen-bond acceptors (Lipinski definition) is 1. The van der Waals surface area contributed by atoms with Crippen LogP contribution in [-0.4, -0.2) is 24.0 Å². The Labute approximate surface area is 75.4 Å². The minimum atomic E-state index is 0.455. The Bertz CT molecular complexity index is 233. The van der Waals surface area contributed by atoms with Crippen molar-refractivity contribution in [2.75, 3.05) is 7.05 Å². The Morgan fingerprint density at radius 3 is 2.67 bits per heavy atom. The molecule has 1 heterocycles. The quantitative estimate of drug-likeness (QED) is 0.539. The van der Waals surface area contributed by atoms with Crippen LogP contribution in [0.25, 0.3) is 0 Å². The van der Waals surface area contributed by atoms with E-state index in [4.69, 9.17) is 0 Å². The van der Waals surface area contributed by atoms with Gasteiger partial charge in [-0.3, -0.25) is 4.90 Å². The van der Waals surface area contributed by atoms with Gasteiger partial charge in [0, 0.05) is 18.0 Å². The van der Waals surface area contributed by atoms with E-state index in [1.54, 1.807) is 0 Å². The number of likely N-dealkylation sites (N-methyl/N-ethyl adjacent to an activating group) is 1. The van der Waals surface area contributed by atoms with Crippen LogP contribution in [0.2, 0.25) is 0 Å². The highest BCUT2D eigenvalue weighted by Crippen LogP contribution is 2.62. The van der Waals surface area contributed by atoms with Crippen LogP contribution < -0.4 is 0 Å². The van der Waals surface area contributed by atoms with E-state index in [-0.39, 0.29) is 0 Å². The van der Waals surface area contributed by atoms with Crippen LogP contribution in [0, 0.1) is 11.3 Å². The van der Waals surface area contributed by atoms with E-state index >= 15 is 0 Å². The first-order valence-electron chi connectivity index (χ1n) is 4.95. The molecule has 1 aliphatic heterocycles. The van der Waals surface area contributed by atoms with Crippen LogP contribution in [0.15, 0.2) is 12.2 Å². The summed E-state index contributed by atoms with van der Waals surface area (Å²) in [5.41, 5.74) is 1.92. The van der Waals surface area contributed by atoms with Gasteiger partial charge in [0.1, 0.15) is 0 Å². The van der Waals surface area contributed by atoms with E-state index in [2.05, 4.69) is 39.3 Å². The molecule has 0 aromatic carbocycles. The highest BCUT2D eigenvalue weighted by Gasteiger charge is 2.64. The van der Waals surface area contributed by atoms with Crippen molar-refractivity contribution in [2.24, 2.45) is 11.3 Å². The first-order valence-corrected chi connectivity index (χ1v) is 4.95. The molecule has 2 rings (SSSR count). The Balaban J connectivity index is 2.20. The molecule has 68 valence electrons. The van der Waals surface area contributed by atoms with Crippen molar-refractivity contribution >= 4 is 0 Å². The predicted octanol–water partition coefficient (Wildman–Crippen LogP) is 2.29. The molecule has 0 radical (unpaired) electrons. The third-order valence-electron chi connectivity index (χ3n) is 4.50. The maximum Gasteiger partial charge on any atom is 0.0361 e. The van der Waals surface area contributed by atoms with E-state index in [1.807, 2.05) is 0 Å². The Kier molecular flexibility index (Phi) is 1.48. The number of piperidine rings is 1. The van der Waals surface area contributed by atoms with Crippen molar-refractivity contribution < 1.29 is 0 Å². The molecule has 1 saturated heterocycles. The lowest BCUT2D eigenvalue weighted by Gasteiger charge is -2.70. The molecule has 0 aromatic rings. The third kappa shape index (κ3) is 0.610. The Morgan fingerprint density at radius 1 is 1.58 bits per heavy atom. The summed E-state index contributed by atoms with van der Waals surface area (Å²) >= 11 is 0. The molecule has 1 saturated carbocycles. The van der Waals surface area contributed by atoms with Crippen LogP contribution >= 0.6 is 0 Å². The molecule has 2 unspecified atom stereocenters. The summed E-state index contributed by atoms with van der Waals surface area (Å²) in [5, 5.41) is 0. The number of nitrogens with zero attached hydrogens (tertiary/aromatic N) is 1. The predicted molar refractivity (Wildman–Crippen MR) is 52.0 cm³/mol. The lowest BCUT2D eigenvalue weighted by molar-refractivity contribution is -0.135. The van der Waals surface area contributed by atoms with Gasteiger partial charge in [-0.05, 0) is 25.8 Å². The van der Waals surface area contributed by atoms with Crippen molar-refractivity contribution in [1.29, 1.82) is 0 Å². The molecule has 12 heavy (non-hydrogen) atoms. The highest BCUT2D eigenvalue weighted by atomic mass is 15.3. The fourth-order valence-electron chi connectivity index (χ4n) is 3.18. The highest BCUT2D eigenvalue weighted by molar-refractivity contribution is 5.37. The van der Waals surface area contributed by atoms with Crippen LogP contribution in [0.1, 0.15) is 27.2 Å². The molecule has 0 N–H and O–H groups in total. The summed E-state index contributed by atoms with van der Waals surface area (Å²) in [7, 11) is 2.21. The maximum atomic E-state index is 4.21. The van der Waals surface area contributed by atoms with Crippen molar-refractivity contribution in [3.63, 3.8) is 0 Å². The van der Waals surface area contributed by atoms with Crippen molar-refractivity contribution in [3.8, 4) is 0 Å². The third-order valence-corrected chi connectivity index (χ3v) is 4.50. The van der Waals surface area contributed by atoms with E-state index in [1.165, 1.54) is 12.0 Å². The van der Waals surface area contributed by atoms with Gasteiger partial charge in [-0.2, -0.15) is 0 Å². The van der Waals surface area contributed by atoms with Crippen LogP contribution in [0.3, 0.4) is 0 Å². The average Bonchev–Trinajstić information content (AvgIpc) is 2.09. The molecule has 0 aromatic heterocycles. The van der Waals surface area contributed by atoms with E-state index in [0.29, 0.717) is 11.5 Å². The standard InChI is InChI=1S/C11H19N/c1-6-11(4)7(2)10-9(11)8(3)12(10)5/h8-10H,2,6H2,1,3-5H3/t8-,9?,10-,11?/m0/s1. The lowest BCUT2D eigenvalue weighted by Crippen LogP contribution is -2.75. The van der Waals surface area contributed by atoms with Gasteiger partial charge >= 0.3 is 0 Å². The lowest BCUT2D eigenvalue weighted by atomic mass is 9.46. The molecular weight excluding hydrogens is 146 g/mol. The first kappa shape index (κ1) is 8.31. The normalized spacial score (nSPS) is 52.7. The summed E-state index contributed by atoms with van der Waals surface area (Å²) in [6.07, 6.45) is 1.26. The molecule has 2 aliphatic rings. The zero-order valence-corrected chi connectivity index (χ0v) is 8.59. The second kappa shape index (κ2) is 2.14.